The van der Waals surface area contributed by atoms with Crippen LogP contribution in [0, 0.1) is 22.7 Å². The summed E-state index contributed by atoms with van der Waals surface area (Å²) in [6, 6.07) is 6.20. The Labute approximate surface area is 278 Å². The van der Waals surface area contributed by atoms with Gasteiger partial charge in [0.1, 0.15) is 23.5 Å². The minimum absolute atomic E-state index is 0.0138. The number of allylic oxidation sites excluding steroid dienone is 1. The topological polar surface area (TPSA) is 151 Å². The van der Waals surface area contributed by atoms with Gasteiger partial charge in [0, 0.05) is 25.9 Å². The quantitative estimate of drug-likeness (QED) is 0.205. The highest BCUT2D eigenvalue weighted by Gasteiger charge is 2.70. The van der Waals surface area contributed by atoms with Crippen molar-refractivity contribution >= 4 is 35.4 Å². The van der Waals surface area contributed by atoms with E-state index in [0.29, 0.717) is 13.0 Å². The summed E-state index contributed by atoms with van der Waals surface area (Å²) in [4.78, 5) is 80.8. The van der Waals surface area contributed by atoms with Crippen molar-refractivity contribution in [3.63, 3.8) is 0 Å². The second kappa shape index (κ2) is 14.8. The van der Waals surface area contributed by atoms with Crippen LogP contribution in [0.1, 0.15) is 80.2 Å². The molecule has 5 atom stereocenters. The van der Waals surface area contributed by atoms with Gasteiger partial charge in [0.25, 0.3) is 5.91 Å². The molecule has 11 nitrogen and oxygen atoms in total. The van der Waals surface area contributed by atoms with Gasteiger partial charge in [-0.15, -0.1) is 6.58 Å². The van der Waals surface area contributed by atoms with E-state index < -0.39 is 58.7 Å². The minimum Gasteiger partial charge on any atom is -0.444 e. The Bertz CT molecular complexity index is 1360. The van der Waals surface area contributed by atoms with Crippen molar-refractivity contribution in [3.05, 3.63) is 48.6 Å². The molecular formula is C36H52N4O7. The molecule has 1 saturated heterocycles. The number of amides is 4. The fourth-order valence-electron chi connectivity index (χ4n) is 6.34. The molecule has 258 valence electrons. The van der Waals surface area contributed by atoms with Crippen molar-refractivity contribution in [1.82, 2.24) is 20.9 Å². The number of nitrogens with zero attached hydrogens (tertiary/aromatic N) is 1. The van der Waals surface area contributed by atoms with E-state index in [2.05, 4.69) is 22.5 Å². The van der Waals surface area contributed by atoms with Crippen LogP contribution in [0.4, 0.5) is 4.79 Å². The van der Waals surface area contributed by atoms with Crippen LogP contribution in [0.3, 0.4) is 0 Å². The average molecular weight is 653 g/mol. The van der Waals surface area contributed by atoms with Gasteiger partial charge in [0.15, 0.2) is 0 Å². The number of hydrogen-bond acceptors (Lipinski definition) is 7. The molecule has 1 aliphatic heterocycles. The molecule has 0 spiro atoms. The fraction of sp³-hybridized carbons (Fsp3) is 0.611. The highest BCUT2D eigenvalue weighted by atomic mass is 16.6. The van der Waals surface area contributed by atoms with E-state index in [1.165, 1.54) is 4.90 Å². The molecule has 1 heterocycles. The third kappa shape index (κ3) is 9.74. The average Bonchev–Trinajstić information content (AvgIpc) is 3.27. The Morgan fingerprint density at radius 3 is 2.23 bits per heavy atom. The van der Waals surface area contributed by atoms with Gasteiger partial charge in [-0.05, 0) is 61.8 Å². The first-order valence-electron chi connectivity index (χ1n) is 16.4. The van der Waals surface area contributed by atoms with E-state index >= 15 is 0 Å². The van der Waals surface area contributed by atoms with Gasteiger partial charge in [-0.25, -0.2) is 4.79 Å². The minimum atomic E-state index is -1.16. The molecule has 2 fully saturated rings. The van der Waals surface area contributed by atoms with Crippen LogP contribution < -0.4 is 16.0 Å². The highest BCUT2D eigenvalue weighted by Crippen LogP contribution is 2.65. The summed E-state index contributed by atoms with van der Waals surface area (Å²) in [5, 5.41) is 8.00. The van der Waals surface area contributed by atoms with Gasteiger partial charge in [0.05, 0.1) is 6.04 Å². The van der Waals surface area contributed by atoms with Gasteiger partial charge in [-0.1, -0.05) is 71.0 Å². The molecule has 3 N–H and O–H groups in total. The van der Waals surface area contributed by atoms with E-state index in [4.69, 9.17) is 4.74 Å². The first-order chi connectivity index (χ1) is 21.8. The lowest BCUT2D eigenvalue weighted by molar-refractivity contribution is -0.145. The number of likely N-dealkylation sites (tertiary alicyclic amines) is 1. The Hall–Kier alpha value is -4.02. The molecular weight excluding hydrogens is 600 g/mol. The molecule has 4 amide bonds. The van der Waals surface area contributed by atoms with Crippen LogP contribution in [0.5, 0.6) is 0 Å². The summed E-state index contributed by atoms with van der Waals surface area (Å²) in [6.07, 6.45) is 1.63. The van der Waals surface area contributed by atoms with Crippen LogP contribution >= 0.6 is 0 Å². The number of ether oxygens (including phenoxy) is 1. The van der Waals surface area contributed by atoms with Crippen molar-refractivity contribution < 1.29 is 33.5 Å². The molecule has 5 unspecified atom stereocenters. The second-order valence-electron chi connectivity index (χ2n) is 15.3. The van der Waals surface area contributed by atoms with Gasteiger partial charge < -0.3 is 25.6 Å². The Balaban J connectivity index is 1.72. The molecule has 2 aliphatic rings. The Kier molecular flexibility index (Phi) is 11.8. The van der Waals surface area contributed by atoms with Crippen molar-refractivity contribution in [3.8, 4) is 0 Å². The van der Waals surface area contributed by atoms with Gasteiger partial charge in [-0.3, -0.25) is 24.0 Å². The summed E-state index contributed by atoms with van der Waals surface area (Å²) in [6.45, 7) is 18.7. The third-order valence-electron chi connectivity index (χ3n) is 8.98. The SMILES string of the molecule is C=CCCC(NC(=O)C1C2C(CN1C(=O)C(NC(=O)OC(C)(C)C)C(C)(C)C)C2(C)C)C(=O)C(=O)NCCC(=O)Cc1ccccc1. The van der Waals surface area contributed by atoms with Crippen molar-refractivity contribution in [2.75, 3.05) is 13.1 Å². The molecule has 3 rings (SSSR count). The Morgan fingerprint density at radius 1 is 1.02 bits per heavy atom. The zero-order chi connectivity index (χ0) is 35.3. The third-order valence-corrected chi connectivity index (χ3v) is 8.98. The zero-order valence-corrected chi connectivity index (χ0v) is 29.1. The van der Waals surface area contributed by atoms with Crippen LogP contribution in [0.2, 0.25) is 0 Å². The largest absolute Gasteiger partial charge is 0.444 e. The molecule has 0 radical (unpaired) electrons. The Morgan fingerprint density at radius 2 is 1.66 bits per heavy atom. The number of nitrogens with one attached hydrogen (secondary N) is 3. The highest BCUT2D eigenvalue weighted by molar-refractivity contribution is 6.38. The van der Waals surface area contributed by atoms with E-state index in [9.17, 15) is 28.8 Å². The number of Topliss-reactive ketones (excluding diaryl/α,β-unsaturated/α-hetero) is 2. The first-order valence-corrected chi connectivity index (χ1v) is 16.4. The molecule has 1 saturated carbocycles. The smallest absolute Gasteiger partial charge is 0.408 e. The number of benzene rings is 1. The summed E-state index contributed by atoms with van der Waals surface area (Å²) >= 11 is 0. The monoisotopic (exact) mass is 652 g/mol. The predicted octanol–water partition coefficient (Wildman–Crippen LogP) is 3.75. The maximum atomic E-state index is 14.1. The number of alkyl carbamates (subject to hydrolysis) is 1. The van der Waals surface area contributed by atoms with Crippen LogP contribution in [0.15, 0.2) is 43.0 Å². The van der Waals surface area contributed by atoms with Gasteiger partial charge in [0.2, 0.25) is 17.6 Å². The number of rotatable bonds is 14. The normalized spacial score (nSPS) is 21.0. The molecule has 0 aromatic heterocycles. The number of ketones is 2. The molecule has 1 aliphatic carbocycles. The van der Waals surface area contributed by atoms with Gasteiger partial charge in [-0.2, -0.15) is 0 Å². The van der Waals surface area contributed by atoms with Crippen molar-refractivity contribution in [1.29, 1.82) is 0 Å². The summed E-state index contributed by atoms with van der Waals surface area (Å²) in [5.41, 5.74) is -0.824. The van der Waals surface area contributed by atoms with E-state index in [-0.39, 0.29) is 48.8 Å². The number of carbonyl (C=O) groups is 6. The number of piperidine rings is 1. The van der Waals surface area contributed by atoms with Crippen LogP contribution in [-0.2, 0) is 35.1 Å². The first kappa shape index (κ1) is 37.4. The molecule has 0 bridgehead atoms. The van der Waals surface area contributed by atoms with E-state index in [1.807, 2.05) is 65.0 Å². The molecule has 11 heteroatoms. The van der Waals surface area contributed by atoms with Crippen LogP contribution in [0.25, 0.3) is 0 Å². The molecule has 1 aromatic carbocycles. The number of fused-ring (bicyclic) bond motifs is 1. The molecule has 47 heavy (non-hydrogen) atoms. The van der Waals surface area contributed by atoms with E-state index in [0.717, 1.165) is 5.56 Å². The molecule has 1 aromatic rings. The maximum absolute atomic E-state index is 14.1. The summed E-state index contributed by atoms with van der Waals surface area (Å²) in [7, 11) is 0. The summed E-state index contributed by atoms with van der Waals surface area (Å²) < 4.78 is 5.42. The predicted molar refractivity (Wildman–Crippen MR) is 178 cm³/mol. The lowest BCUT2D eigenvalue weighted by Gasteiger charge is -2.38. The zero-order valence-electron chi connectivity index (χ0n) is 29.1. The van der Waals surface area contributed by atoms with Crippen molar-refractivity contribution in [2.45, 2.75) is 105 Å². The number of hydrogen-bond donors (Lipinski definition) is 3. The number of carbonyl (C=O) groups excluding carboxylic acids is 6. The van der Waals surface area contributed by atoms with Gasteiger partial charge >= 0.3 is 6.09 Å². The van der Waals surface area contributed by atoms with Crippen LogP contribution in [-0.4, -0.2) is 77.1 Å². The lowest BCUT2D eigenvalue weighted by Crippen LogP contribution is -2.60. The lowest BCUT2D eigenvalue weighted by atomic mass is 9.85. The maximum Gasteiger partial charge on any atom is 0.408 e. The fourth-order valence-corrected chi connectivity index (χ4v) is 6.34. The van der Waals surface area contributed by atoms with Crippen molar-refractivity contribution in [2.24, 2.45) is 22.7 Å². The summed E-state index contributed by atoms with van der Waals surface area (Å²) in [5.74, 6) is -2.87. The van der Waals surface area contributed by atoms with E-state index in [1.54, 1.807) is 26.8 Å². The standard InChI is InChI=1S/C36H52N4O7/c1-10-11-17-25(28(42)31(44)37-19-18-23(41)20-22-15-13-12-14-16-22)38-30(43)27-26-24(36(26,8)9)21-40(27)32(45)29(34(2,3)4)39-33(46)47-35(5,6)7/h10,12-16,24-27,29H,1,11,17-21H2,2-9H3,(H,37,44)(H,38,43)(H,39,46). The second-order valence-corrected chi connectivity index (χ2v) is 15.3.